The first kappa shape index (κ1) is 16.3. The topological polar surface area (TPSA) is 61.4 Å². The maximum absolute atomic E-state index is 11.9. The molecule has 0 aliphatic heterocycles. The maximum atomic E-state index is 11.9. The number of nitrogens with one attached hydrogen (secondary N) is 2. The molecule has 1 aliphatic carbocycles. The second-order valence-electron chi connectivity index (χ2n) is 6.78. The molecule has 0 radical (unpaired) electrons. The zero-order chi connectivity index (χ0) is 14.5. The zero-order valence-corrected chi connectivity index (χ0v) is 12.8. The van der Waals surface area contributed by atoms with Crippen molar-refractivity contribution >= 4 is 6.03 Å². The minimum atomic E-state index is -0.0661. The molecule has 0 aromatic carbocycles. The first-order valence-electron chi connectivity index (χ1n) is 7.52. The molecule has 1 rings (SSSR count). The third-order valence-electron chi connectivity index (χ3n) is 4.74. The van der Waals surface area contributed by atoms with E-state index >= 15 is 0 Å². The van der Waals surface area contributed by atoms with Crippen molar-refractivity contribution in [3.8, 4) is 0 Å². The molecular weight excluding hydrogens is 240 g/mol. The number of amides is 2. The third kappa shape index (κ3) is 5.01. The molecule has 0 unspecified atom stereocenters. The molecule has 2 atom stereocenters. The lowest BCUT2D eigenvalue weighted by Gasteiger charge is -2.30. The monoisotopic (exact) mass is 270 g/mol. The van der Waals surface area contributed by atoms with Crippen LogP contribution in [0.3, 0.4) is 0 Å². The highest BCUT2D eigenvalue weighted by Gasteiger charge is 2.29. The van der Waals surface area contributed by atoms with E-state index in [1.54, 1.807) is 0 Å². The molecule has 1 saturated carbocycles. The molecule has 112 valence electrons. The molecule has 0 saturated heterocycles. The van der Waals surface area contributed by atoms with Crippen molar-refractivity contribution < 1.29 is 9.90 Å². The lowest BCUT2D eigenvalue weighted by molar-refractivity contribution is 0.206. The van der Waals surface area contributed by atoms with Gasteiger partial charge in [0, 0.05) is 19.2 Å². The van der Waals surface area contributed by atoms with Gasteiger partial charge >= 0.3 is 6.03 Å². The van der Waals surface area contributed by atoms with Gasteiger partial charge in [0.05, 0.1) is 0 Å². The van der Waals surface area contributed by atoms with E-state index in [1.807, 2.05) is 0 Å². The summed E-state index contributed by atoms with van der Waals surface area (Å²) in [5.41, 5.74) is 0.109. The van der Waals surface area contributed by atoms with Crippen LogP contribution >= 0.6 is 0 Å². The smallest absolute Gasteiger partial charge is 0.315 e. The summed E-state index contributed by atoms with van der Waals surface area (Å²) in [6.45, 7) is 9.59. The van der Waals surface area contributed by atoms with Crippen molar-refractivity contribution in [2.75, 3.05) is 13.2 Å². The predicted octanol–water partition coefficient (Wildman–Crippen LogP) is 2.52. The summed E-state index contributed by atoms with van der Waals surface area (Å²) in [5.74, 6) is 0.968. The second kappa shape index (κ2) is 7.13. The SMILES string of the molecule is CC(C)C(C)(C)CNC(=O)N[C@@H]1CCC[C@@H]1CCO. The summed E-state index contributed by atoms with van der Waals surface area (Å²) in [4.78, 5) is 11.9. The van der Waals surface area contributed by atoms with Crippen LogP contribution in [-0.4, -0.2) is 30.3 Å². The molecular formula is C15H30N2O2. The quantitative estimate of drug-likeness (QED) is 0.694. The average molecular weight is 270 g/mol. The van der Waals surface area contributed by atoms with Gasteiger partial charge in [0.2, 0.25) is 0 Å². The molecule has 4 heteroatoms. The van der Waals surface area contributed by atoms with E-state index in [2.05, 4.69) is 38.3 Å². The summed E-state index contributed by atoms with van der Waals surface area (Å²) < 4.78 is 0. The largest absolute Gasteiger partial charge is 0.396 e. The Kier molecular flexibility index (Phi) is 6.11. The van der Waals surface area contributed by atoms with Crippen molar-refractivity contribution in [2.24, 2.45) is 17.3 Å². The Balaban J connectivity index is 2.35. The summed E-state index contributed by atoms with van der Waals surface area (Å²) in [6, 6.07) is 0.165. The molecule has 4 nitrogen and oxygen atoms in total. The Morgan fingerprint density at radius 1 is 1.37 bits per heavy atom. The fraction of sp³-hybridized carbons (Fsp3) is 0.933. The van der Waals surface area contributed by atoms with Gasteiger partial charge in [-0.05, 0) is 36.5 Å². The molecule has 19 heavy (non-hydrogen) atoms. The Morgan fingerprint density at radius 2 is 2.05 bits per heavy atom. The van der Waals surface area contributed by atoms with E-state index in [4.69, 9.17) is 5.11 Å². The Labute approximate surface area is 117 Å². The Morgan fingerprint density at radius 3 is 2.63 bits per heavy atom. The van der Waals surface area contributed by atoms with E-state index in [9.17, 15) is 4.79 Å². The third-order valence-corrected chi connectivity index (χ3v) is 4.74. The lowest BCUT2D eigenvalue weighted by atomic mass is 9.81. The summed E-state index contributed by atoms with van der Waals surface area (Å²) in [5, 5.41) is 15.1. The van der Waals surface area contributed by atoms with Crippen LogP contribution in [0.15, 0.2) is 0 Å². The number of urea groups is 1. The molecule has 3 N–H and O–H groups in total. The van der Waals surface area contributed by atoms with E-state index in [0.717, 1.165) is 25.7 Å². The highest BCUT2D eigenvalue weighted by Crippen LogP contribution is 2.28. The molecule has 0 bridgehead atoms. The molecule has 1 aliphatic rings. The van der Waals surface area contributed by atoms with Gasteiger partial charge in [-0.3, -0.25) is 0 Å². The van der Waals surface area contributed by atoms with Gasteiger partial charge in [0.1, 0.15) is 0 Å². The molecule has 1 fully saturated rings. The van der Waals surface area contributed by atoms with Crippen molar-refractivity contribution in [2.45, 2.75) is 59.4 Å². The molecule has 0 aromatic rings. The zero-order valence-electron chi connectivity index (χ0n) is 12.8. The summed E-state index contributed by atoms with van der Waals surface area (Å²) in [6.07, 6.45) is 4.09. The van der Waals surface area contributed by atoms with Crippen molar-refractivity contribution in [3.63, 3.8) is 0 Å². The maximum Gasteiger partial charge on any atom is 0.315 e. The fourth-order valence-corrected chi connectivity index (χ4v) is 2.47. The highest BCUT2D eigenvalue weighted by atomic mass is 16.3. The van der Waals surface area contributed by atoms with Gasteiger partial charge in [-0.25, -0.2) is 4.79 Å². The van der Waals surface area contributed by atoms with Crippen LogP contribution in [0.25, 0.3) is 0 Å². The van der Waals surface area contributed by atoms with Gasteiger partial charge in [0.15, 0.2) is 0 Å². The number of carbonyl (C=O) groups excluding carboxylic acids is 1. The summed E-state index contributed by atoms with van der Waals surface area (Å²) in [7, 11) is 0. The van der Waals surface area contributed by atoms with Crippen LogP contribution in [0.5, 0.6) is 0 Å². The standard InChI is InChI=1S/C15H30N2O2/c1-11(2)15(3,4)10-16-14(19)17-13-7-5-6-12(13)8-9-18/h11-13,18H,5-10H2,1-4H3,(H2,16,17,19)/t12-,13-/m1/s1. The van der Waals surface area contributed by atoms with Gasteiger partial charge in [-0.15, -0.1) is 0 Å². The number of hydrogen-bond acceptors (Lipinski definition) is 2. The van der Waals surface area contributed by atoms with Crippen molar-refractivity contribution in [1.82, 2.24) is 10.6 Å². The van der Waals surface area contributed by atoms with Crippen molar-refractivity contribution in [1.29, 1.82) is 0 Å². The van der Waals surface area contributed by atoms with E-state index in [-0.39, 0.29) is 24.1 Å². The first-order chi connectivity index (χ1) is 8.86. The molecule has 2 amide bonds. The second-order valence-corrected chi connectivity index (χ2v) is 6.78. The van der Waals surface area contributed by atoms with Gasteiger partial charge < -0.3 is 15.7 Å². The Hall–Kier alpha value is -0.770. The van der Waals surface area contributed by atoms with Gasteiger partial charge in [-0.1, -0.05) is 34.1 Å². The normalized spacial score (nSPS) is 23.7. The Bertz CT molecular complexity index is 290. The van der Waals surface area contributed by atoms with E-state index in [0.29, 0.717) is 18.4 Å². The fourth-order valence-electron chi connectivity index (χ4n) is 2.47. The first-order valence-corrected chi connectivity index (χ1v) is 7.52. The minimum Gasteiger partial charge on any atom is -0.396 e. The van der Waals surface area contributed by atoms with Crippen LogP contribution in [0, 0.1) is 17.3 Å². The van der Waals surface area contributed by atoms with Crippen molar-refractivity contribution in [3.05, 3.63) is 0 Å². The van der Waals surface area contributed by atoms with Gasteiger partial charge in [-0.2, -0.15) is 0 Å². The van der Waals surface area contributed by atoms with Crippen LogP contribution in [0.1, 0.15) is 53.4 Å². The highest BCUT2D eigenvalue weighted by molar-refractivity contribution is 5.74. The van der Waals surface area contributed by atoms with E-state index < -0.39 is 0 Å². The average Bonchev–Trinajstić information content (AvgIpc) is 2.75. The van der Waals surface area contributed by atoms with Crippen LogP contribution in [-0.2, 0) is 0 Å². The molecule has 0 heterocycles. The number of aliphatic hydroxyl groups is 1. The predicted molar refractivity (Wildman–Crippen MR) is 78.0 cm³/mol. The van der Waals surface area contributed by atoms with Crippen LogP contribution in [0.4, 0.5) is 4.79 Å². The minimum absolute atomic E-state index is 0.0661. The number of aliphatic hydroxyl groups excluding tert-OH is 1. The van der Waals surface area contributed by atoms with Crippen LogP contribution in [0.2, 0.25) is 0 Å². The number of carbonyl (C=O) groups is 1. The summed E-state index contributed by atoms with van der Waals surface area (Å²) >= 11 is 0. The molecule has 0 spiro atoms. The number of hydrogen-bond donors (Lipinski definition) is 3. The number of rotatable bonds is 6. The van der Waals surface area contributed by atoms with E-state index in [1.165, 1.54) is 0 Å². The van der Waals surface area contributed by atoms with Crippen LogP contribution < -0.4 is 10.6 Å². The molecule has 0 aromatic heterocycles. The lowest BCUT2D eigenvalue weighted by Crippen LogP contribution is -2.47. The van der Waals surface area contributed by atoms with Gasteiger partial charge in [0.25, 0.3) is 0 Å².